The van der Waals surface area contributed by atoms with Crippen molar-refractivity contribution in [1.82, 2.24) is 4.72 Å². The molecule has 0 amide bonds. The van der Waals surface area contributed by atoms with Gasteiger partial charge in [0.05, 0.1) is 4.90 Å². The lowest BCUT2D eigenvalue weighted by atomic mass is 10.2. The van der Waals surface area contributed by atoms with Crippen LogP contribution in [0.1, 0.15) is 5.56 Å². The molecule has 0 saturated carbocycles. The third-order valence-electron chi connectivity index (χ3n) is 2.72. The maximum atomic E-state index is 13.7. The van der Waals surface area contributed by atoms with Gasteiger partial charge in [0.15, 0.2) is 23.3 Å². The standard InChI is InChI=1S/C13H6F4N2S/c14-7-8(15)10(17)12-11(9(7)16)18-13(19-20-12)6-4-2-1-3-5-6/h1-5H,(H,18,19). The highest BCUT2D eigenvalue weighted by Crippen LogP contribution is 2.39. The molecule has 1 aliphatic heterocycles. The topological polar surface area (TPSA) is 24.4 Å². The molecule has 20 heavy (non-hydrogen) atoms. The normalized spacial score (nSPS) is 13.5. The number of hydrogen-bond acceptors (Lipinski definition) is 3. The molecule has 0 spiro atoms. The summed E-state index contributed by atoms with van der Waals surface area (Å²) in [6.07, 6.45) is 0. The van der Waals surface area contributed by atoms with Crippen LogP contribution >= 0.6 is 11.9 Å². The first kappa shape index (κ1) is 13.0. The third kappa shape index (κ3) is 1.94. The minimum absolute atomic E-state index is 0.243. The van der Waals surface area contributed by atoms with Crippen molar-refractivity contribution in [3.05, 3.63) is 59.2 Å². The van der Waals surface area contributed by atoms with E-state index in [1.54, 1.807) is 30.3 Å². The maximum Gasteiger partial charge on any atom is 0.199 e. The van der Waals surface area contributed by atoms with Gasteiger partial charge >= 0.3 is 0 Å². The molecule has 1 N–H and O–H groups in total. The van der Waals surface area contributed by atoms with Crippen LogP contribution in [0.2, 0.25) is 0 Å². The Morgan fingerprint density at radius 1 is 0.850 bits per heavy atom. The fourth-order valence-corrected chi connectivity index (χ4v) is 2.52. The number of nitrogens with one attached hydrogen (secondary N) is 1. The Hall–Kier alpha value is -2.02. The monoisotopic (exact) mass is 298 g/mol. The lowest BCUT2D eigenvalue weighted by Gasteiger charge is -2.18. The van der Waals surface area contributed by atoms with Crippen LogP contribution in [0.25, 0.3) is 0 Å². The van der Waals surface area contributed by atoms with Crippen LogP contribution in [0, 0.1) is 23.3 Å². The fourth-order valence-electron chi connectivity index (χ4n) is 1.75. The van der Waals surface area contributed by atoms with Gasteiger partial charge in [0.1, 0.15) is 11.5 Å². The molecule has 0 fully saturated rings. The van der Waals surface area contributed by atoms with Crippen molar-refractivity contribution in [1.29, 1.82) is 0 Å². The average Bonchev–Trinajstić information content (AvgIpc) is 2.51. The van der Waals surface area contributed by atoms with E-state index in [2.05, 4.69) is 9.71 Å². The Morgan fingerprint density at radius 3 is 2.20 bits per heavy atom. The van der Waals surface area contributed by atoms with E-state index in [9.17, 15) is 17.6 Å². The van der Waals surface area contributed by atoms with Crippen LogP contribution in [0.15, 0.2) is 40.2 Å². The summed E-state index contributed by atoms with van der Waals surface area (Å²) in [5.74, 6) is -6.41. The lowest BCUT2D eigenvalue weighted by molar-refractivity contribution is 0.400. The van der Waals surface area contributed by atoms with Crippen molar-refractivity contribution < 1.29 is 17.6 Å². The zero-order valence-electron chi connectivity index (χ0n) is 9.75. The molecule has 1 aliphatic rings. The second-order valence-electron chi connectivity index (χ2n) is 3.96. The highest BCUT2D eigenvalue weighted by atomic mass is 32.2. The zero-order chi connectivity index (χ0) is 14.3. The van der Waals surface area contributed by atoms with Gasteiger partial charge in [-0.2, -0.15) is 0 Å². The fraction of sp³-hybridized carbons (Fsp3) is 0. The second kappa shape index (κ2) is 4.82. The van der Waals surface area contributed by atoms with Gasteiger partial charge in [-0.15, -0.1) is 0 Å². The summed E-state index contributed by atoms with van der Waals surface area (Å²) < 4.78 is 56.2. The van der Waals surface area contributed by atoms with Crippen molar-refractivity contribution in [2.24, 2.45) is 4.99 Å². The quantitative estimate of drug-likeness (QED) is 0.373. The van der Waals surface area contributed by atoms with Crippen molar-refractivity contribution in [2.45, 2.75) is 4.90 Å². The van der Waals surface area contributed by atoms with Gasteiger partial charge in [-0.1, -0.05) is 30.3 Å². The van der Waals surface area contributed by atoms with Crippen molar-refractivity contribution in [2.75, 3.05) is 0 Å². The van der Waals surface area contributed by atoms with Crippen molar-refractivity contribution in [3.63, 3.8) is 0 Å². The Balaban J connectivity index is 2.19. The van der Waals surface area contributed by atoms with Crippen LogP contribution in [-0.4, -0.2) is 5.84 Å². The van der Waals surface area contributed by atoms with E-state index in [-0.39, 0.29) is 5.84 Å². The Bertz CT molecular complexity index is 716. The number of halogens is 4. The van der Waals surface area contributed by atoms with Crippen LogP contribution in [0.4, 0.5) is 23.2 Å². The lowest BCUT2D eigenvalue weighted by Crippen LogP contribution is -2.21. The molecular weight excluding hydrogens is 292 g/mol. The minimum Gasteiger partial charge on any atom is -0.310 e. The molecule has 0 radical (unpaired) electrons. The summed E-state index contributed by atoms with van der Waals surface area (Å²) in [6, 6.07) is 8.66. The number of hydrogen-bond donors (Lipinski definition) is 1. The molecule has 2 nitrogen and oxygen atoms in total. The Kier molecular flexibility index (Phi) is 3.13. The van der Waals surface area contributed by atoms with Gasteiger partial charge in [-0.3, -0.25) is 0 Å². The summed E-state index contributed by atoms with van der Waals surface area (Å²) in [4.78, 5) is 3.44. The van der Waals surface area contributed by atoms with E-state index >= 15 is 0 Å². The van der Waals surface area contributed by atoms with E-state index in [0.717, 1.165) is 0 Å². The molecule has 0 aliphatic carbocycles. The first-order valence-corrected chi connectivity index (χ1v) is 6.34. The van der Waals surface area contributed by atoms with E-state index in [4.69, 9.17) is 0 Å². The van der Waals surface area contributed by atoms with Gasteiger partial charge in [-0.05, 0) is 11.9 Å². The third-order valence-corrected chi connectivity index (χ3v) is 3.59. The number of amidine groups is 1. The summed E-state index contributed by atoms with van der Waals surface area (Å²) in [6.45, 7) is 0. The maximum absolute atomic E-state index is 13.7. The first-order valence-electron chi connectivity index (χ1n) is 5.52. The minimum atomic E-state index is -1.86. The molecule has 0 aromatic heterocycles. The van der Waals surface area contributed by atoms with Crippen LogP contribution < -0.4 is 4.72 Å². The van der Waals surface area contributed by atoms with Crippen LogP contribution in [0.3, 0.4) is 0 Å². The predicted octanol–water partition coefficient (Wildman–Crippen LogP) is 3.93. The Labute approximate surface area is 115 Å². The largest absolute Gasteiger partial charge is 0.310 e. The molecule has 0 saturated heterocycles. The molecule has 0 unspecified atom stereocenters. The first-order chi connectivity index (χ1) is 9.59. The molecular formula is C13H6F4N2S. The van der Waals surface area contributed by atoms with Gasteiger partial charge in [0.25, 0.3) is 0 Å². The van der Waals surface area contributed by atoms with Crippen LogP contribution in [-0.2, 0) is 0 Å². The predicted molar refractivity (Wildman–Crippen MR) is 67.9 cm³/mol. The van der Waals surface area contributed by atoms with Crippen LogP contribution in [0.5, 0.6) is 0 Å². The summed E-state index contributed by atoms with van der Waals surface area (Å²) >= 11 is 0.653. The summed E-state index contributed by atoms with van der Waals surface area (Å²) in [7, 11) is 0. The highest BCUT2D eigenvalue weighted by Gasteiger charge is 2.28. The molecule has 0 bridgehead atoms. The zero-order valence-corrected chi connectivity index (χ0v) is 10.6. The number of fused-ring (bicyclic) bond motifs is 1. The molecule has 7 heteroatoms. The number of aliphatic imine (C=N–C) groups is 1. The van der Waals surface area contributed by atoms with E-state index in [1.165, 1.54) is 0 Å². The van der Waals surface area contributed by atoms with Gasteiger partial charge in [0, 0.05) is 5.56 Å². The SMILES string of the molecule is Fc1c(F)c(F)c2c(c1F)N=C(c1ccccc1)NS2. The number of benzene rings is 2. The average molecular weight is 298 g/mol. The van der Waals surface area contributed by atoms with Crippen molar-refractivity contribution >= 4 is 23.5 Å². The molecule has 1 heterocycles. The van der Waals surface area contributed by atoms with Gasteiger partial charge < -0.3 is 4.72 Å². The smallest absolute Gasteiger partial charge is 0.199 e. The Morgan fingerprint density at radius 2 is 1.50 bits per heavy atom. The van der Waals surface area contributed by atoms with E-state index in [1.807, 2.05) is 0 Å². The molecule has 102 valence electrons. The van der Waals surface area contributed by atoms with E-state index < -0.39 is 33.9 Å². The van der Waals surface area contributed by atoms with E-state index in [0.29, 0.717) is 17.5 Å². The van der Waals surface area contributed by atoms with Crippen molar-refractivity contribution in [3.8, 4) is 0 Å². The molecule has 0 atom stereocenters. The van der Waals surface area contributed by atoms with Gasteiger partial charge in [-0.25, -0.2) is 22.6 Å². The summed E-state index contributed by atoms with van der Waals surface area (Å²) in [5, 5.41) is 0. The van der Waals surface area contributed by atoms with Gasteiger partial charge in [0.2, 0.25) is 0 Å². The second-order valence-corrected chi connectivity index (χ2v) is 4.78. The highest BCUT2D eigenvalue weighted by molar-refractivity contribution is 7.98. The number of rotatable bonds is 1. The molecule has 2 aromatic carbocycles. The number of nitrogens with zero attached hydrogens (tertiary/aromatic N) is 1. The summed E-state index contributed by atoms with van der Waals surface area (Å²) in [5.41, 5.74) is 0.0826. The molecule has 2 aromatic rings. The molecule has 3 rings (SSSR count).